The van der Waals surface area contributed by atoms with Crippen molar-refractivity contribution in [2.24, 2.45) is 4.99 Å². The molecule has 70 valence electrons. The number of nitrogens with zero attached hydrogens (tertiary/aromatic N) is 2. The quantitative estimate of drug-likeness (QED) is 0.505. The maximum absolute atomic E-state index is 5.15. The smallest absolute Gasteiger partial charge is 0.125 e. The van der Waals surface area contributed by atoms with Crippen LogP contribution in [-0.2, 0) is 6.54 Å². The van der Waals surface area contributed by atoms with E-state index in [-0.39, 0.29) is 0 Å². The Kier molecular flexibility index (Phi) is 2.77. The van der Waals surface area contributed by atoms with Gasteiger partial charge in [0, 0.05) is 25.8 Å². The number of furan rings is 1. The number of hydrogen-bond acceptors (Lipinski definition) is 3. The topological polar surface area (TPSA) is 28.5 Å². The van der Waals surface area contributed by atoms with Crippen molar-refractivity contribution in [3.63, 3.8) is 0 Å². The Morgan fingerprint density at radius 2 is 2.46 bits per heavy atom. The van der Waals surface area contributed by atoms with Crippen molar-refractivity contribution in [3.8, 4) is 0 Å². The largest absolute Gasteiger partial charge is 0.467 e. The van der Waals surface area contributed by atoms with Crippen LogP contribution in [0.2, 0.25) is 0 Å². The van der Waals surface area contributed by atoms with Crippen molar-refractivity contribution >= 4 is 6.21 Å². The van der Waals surface area contributed by atoms with Crippen LogP contribution in [0.15, 0.2) is 27.8 Å². The Hall–Kier alpha value is -1.09. The highest BCUT2D eigenvalue weighted by atomic mass is 16.3. The van der Waals surface area contributed by atoms with Crippen molar-refractivity contribution in [1.29, 1.82) is 0 Å². The molecule has 1 saturated heterocycles. The molecule has 0 unspecified atom stereocenters. The highest BCUT2D eigenvalue weighted by molar-refractivity contribution is 5.57. The lowest BCUT2D eigenvalue weighted by atomic mass is 10.4. The van der Waals surface area contributed by atoms with Gasteiger partial charge in [-0.1, -0.05) is 0 Å². The summed E-state index contributed by atoms with van der Waals surface area (Å²) in [6.07, 6.45) is 4.72. The van der Waals surface area contributed by atoms with E-state index < -0.39 is 0 Å². The van der Waals surface area contributed by atoms with Gasteiger partial charge in [-0.05, 0) is 18.6 Å². The van der Waals surface area contributed by atoms with Crippen molar-refractivity contribution in [2.75, 3.05) is 19.6 Å². The Morgan fingerprint density at radius 3 is 3.15 bits per heavy atom. The van der Waals surface area contributed by atoms with Crippen molar-refractivity contribution in [3.05, 3.63) is 24.2 Å². The zero-order chi connectivity index (χ0) is 8.93. The van der Waals surface area contributed by atoms with Gasteiger partial charge >= 0.3 is 0 Å². The molecule has 13 heavy (non-hydrogen) atoms. The van der Waals surface area contributed by atoms with E-state index in [2.05, 4.69) is 9.89 Å². The van der Waals surface area contributed by atoms with Crippen molar-refractivity contribution < 1.29 is 4.42 Å². The second kappa shape index (κ2) is 4.23. The summed E-state index contributed by atoms with van der Waals surface area (Å²) in [6, 6.07) is 3.84. The van der Waals surface area contributed by atoms with Crippen LogP contribution in [0, 0.1) is 0 Å². The molecule has 2 heterocycles. The minimum atomic E-state index is 0.674. The normalized spacial score (nSPS) is 16.9. The molecule has 3 heteroatoms. The first kappa shape index (κ1) is 8.51. The SMILES string of the molecule is C(CCN1CC1)=NCc1ccco1. The second-order valence-electron chi connectivity index (χ2n) is 3.23. The maximum Gasteiger partial charge on any atom is 0.125 e. The molecule has 0 aliphatic carbocycles. The van der Waals surface area contributed by atoms with E-state index >= 15 is 0 Å². The van der Waals surface area contributed by atoms with E-state index in [1.165, 1.54) is 13.1 Å². The molecule has 0 spiro atoms. The summed E-state index contributed by atoms with van der Waals surface area (Å²) in [5.41, 5.74) is 0. The van der Waals surface area contributed by atoms with Crippen LogP contribution in [0.3, 0.4) is 0 Å². The first-order valence-electron chi connectivity index (χ1n) is 4.68. The molecule has 1 aliphatic heterocycles. The van der Waals surface area contributed by atoms with Gasteiger partial charge in [0.05, 0.1) is 12.8 Å². The van der Waals surface area contributed by atoms with Crippen LogP contribution in [-0.4, -0.2) is 30.7 Å². The molecule has 1 aromatic rings. The fourth-order valence-electron chi connectivity index (χ4n) is 1.18. The average molecular weight is 178 g/mol. The van der Waals surface area contributed by atoms with E-state index in [0.29, 0.717) is 6.54 Å². The van der Waals surface area contributed by atoms with Gasteiger partial charge in [0.1, 0.15) is 5.76 Å². The summed E-state index contributed by atoms with van der Waals surface area (Å²) in [5.74, 6) is 0.933. The van der Waals surface area contributed by atoms with Gasteiger partial charge < -0.3 is 9.32 Å². The van der Waals surface area contributed by atoms with Gasteiger partial charge in [0.2, 0.25) is 0 Å². The lowest BCUT2D eigenvalue weighted by Crippen LogP contribution is -1.98. The molecule has 0 aromatic carbocycles. The molecular weight excluding hydrogens is 164 g/mol. The van der Waals surface area contributed by atoms with E-state index in [4.69, 9.17) is 4.42 Å². The molecule has 3 nitrogen and oxygen atoms in total. The van der Waals surface area contributed by atoms with Crippen LogP contribution in [0.1, 0.15) is 12.2 Å². The lowest BCUT2D eigenvalue weighted by molar-refractivity contribution is 0.512. The van der Waals surface area contributed by atoms with Crippen LogP contribution in [0.5, 0.6) is 0 Å². The van der Waals surface area contributed by atoms with E-state index in [1.807, 2.05) is 18.3 Å². The molecule has 0 bridgehead atoms. The first-order valence-corrected chi connectivity index (χ1v) is 4.68. The molecule has 0 radical (unpaired) electrons. The minimum absolute atomic E-state index is 0.674. The molecule has 1 aromatic heterocycles. The standard InChI is InChI=1S/C10H14N2O/c1-3-10(13-8-1)9-11-4-2-5-12-6-7-12/h1,3-4,8H,2,5-7,9H2. The summed E-state index contributed by atoms with van der Waals surface area (Å²) in [4.78, 5) is 6.66. The fourth-order valence-corrected chi connectivity index (χ4v) is 1.18. The predicted octanol–water partition coefficient (Wildman–Crippen LogP) is 1.56. The summed E-state index contributed by atoms with van der Waals surface area (Å²) in [7, 11) is 0. The van der Waals surface area contributed by atoms with Gasteiger partial charge in [0.15, 0.2) is 0 Å². The molecule has 1 fully saturated rings. The molecule has 0 saturated carbocycles. The monoisotopic (exact) mass is 178 g/mol. The highest BCUT2D eigenvalue weighted by Gasteiger charge is 2.14. The molecule has 0 N–H and O–H groups in total. The van der Waals surface area contributed by atoms with Gasteiger partial charge in [-0.25, -0.2) is 0 Å². The van der Waals surface area contributed by atoms with Crippen LogP contribution >= 0.6 is 0 Å². The summed E-state index contributed by atoms with van der Waals surface area (Å²) in [5, 5.41) is 0. The second-order valence-corrected chi connectivity index (χ2v) is 3.23. The zero-order valence-corrected chi connectivity index (χ0v) is 7.65. The average Bonchev–Trinajstić information content (AvgIpc) is 2.81. The number of aliphatic imine (C=N–C) groups is 1. The Bertz CT molecular complexity index is 262. The summed E-state index contributed by atoms with van der Waals surface area (Å²) < 4.78 is 5.15. The highest BCUT2D eigenvalue weighted by Crippen LogP contribution is 2.03. The molecular formula is C10H14N2O. The maximum atomic E-state index is 5.15. The summed E-state index contributed by atoms with van der Waals surface area (Å²) in [6.45, 7) is 4.37. The van der Waals surface area contributed by atoms with Gasteiger partial charge in [0.25, 0.3) is 0 Å². The fraction of sp³-hybridized carbons (Fsp3) is 0.500. The molecule has 2 rings (SSSR count). The summed E-state index contributed by atoms with van der Waals surface area (Å²) >= 11 is 0. The third kappa shape index (κ3) is 3.03. The minimum Gasteiger partial charge on any atom is -0.467 e. The van der Waals surface area contributed by atoms with Crippen molar-refractivity contribution in [1.82, 2.24) is 4.90 Å². The number of rotatable bonds is 5. The predicted molar refractivity (Wildman–Crippen MR) is 52.0 cm³/mol. The van der Waals surface area contributed by atoms with E-state index in [0.717, 1.165) is 18.7 Å². The Morgan fingerprint density at radius 1 is 1.54 bits per heavy atom. The van der Waals surface area contributed by atoms with Crippen LogP contribution in [0.25, 0.3) is 0 Å². The van der Waals surface area contributed by atoms with Gasteiger partial charge in [-0.3, -0.25) is 4.99 Å². The Labute approximate surface area is 78.1 Å². The number of hydrogen-bond donors (Lipinski definition) is 0. The van der Waals surface area contributed by atoms with Crippen LogP contribution < -0.4 is 0 Å². The first-order chi connectivity index (χ1) is 6.45. The van der Waals surface area contributed by atoms with Crippen molar-refractivity contribution in [2.45, 2.75) is 13.0 Å². The molecule has 0 amide bonds. The van der Waals surface area contributed by atoms with Gasteiger partial charge in [-0.15, -0.1) is 0 Å². The Balaban J connectivity index is 1.60. The lowest BCUT2D eigenvalue weighted by Gasteiger charge is -1.93. The van der Waals surface area contributed by atoms with E-state index in [1.54, 1.807) is 6.26 Å². The zero-order valence-electron chi connectivity index (χ0n) is 7.65. The third-order valence-electron chi connectivity index (χ3n) is 2.07. The molecule has 1 aliphatic rings. The molecule has 0 atom stereocenters. The van der Waals surface area contributed by atoms with Crippen LogP contribution in [0.4, 0.5) is 0 Å². The van der Waals surface area contributed by atoms with E-state index in [9.17, 15) is 0 Å². The third-order valence-corrected chi connectivity index (χ3v) is 2.07. The van der Waals surface area contributed by atoms with Gasteiger partial charge in [-0.2, -0.15) is 0 Å².